The van der Waals surface area contributed by atoms with Crippen molar-refractivity contribution in [2.24, 2.45) is 0 Å². The lowest BCUT2D eigenvalue weighted by Crippen LogP contribution is -2.27. The van der Waals surface area contributed by atoms with Crippen LogP contribution in [0, 0.1) is 0 Å². The van der Waals surface area contributed by atoms with Crippen molar-refractivity contribution in [3.05, 3.63) is 72.9 Å². The van der Waals surface area contributed by atoms with E-state index in [-0.39, 0.29) is 11.7 Å². The van der Waals surface area contributed by atoms with Crippen LogP contribution in [0.4, 0.5) is 0 Å². The lowest BCUT2D eigenvalue weighted by Gasteiger charge is -2.16. The van der Waals surface area contributed by atoms with E-state index in [0.29, 0.717) is 24.1 Å². The fourth-order valence-corrected chi connectivity index (χ4v) is 3.99. The van der Waals surface area contributed by atoms with Crippen LogP contribution >= 0.6 is 11.8 Å². The molecule has 0 aliphatic rings. The van der Waals surface area contributed by atoms with E-state index in [1.54, 1.807) is 30.6 Å². The van der Waals surface area contributed by atoms with Gasteiger partial charge in [0, 0.05) is 30.7 Å². The number of aromatic nitrogens is 4. The highest BCUT2D eigenvalue weighted by atomic mass is 32.2. The van der Waals surface area contributed by atoms with Crippen LogP contribution in [0.3, 0.4) is 0 Å². The maximum absolute atomic E-state index is 12.7. The number of pyridine rings is 1. The highest BCUT2D eigenvalue weighted by molar-refractivity contribution is 7.99. The van der Waals surface area contributed by atoms with E-state index < -0.39 is 0 Å². The molecule has 0 aliphatic heterocycles. The molecule has 164 valence electrons. The number of nitrogens with zero attached hydrogens (tertiary/aromatic N) is 5. The summed E-state index contributed by atoms with van der Waals surface area (Å²) in [7, 11) is 1.75. The Bertz CT molecular complexity index is 1140. The van der Waals surface area contributed by atoms with E-state index in [9.17, 15) is 4.79 Å². The topological polar surface area (TPSA) is 86.3 Å². The van der Waals surface area contributed by atoms with Crippen molar-refractivity contribution in [3.63, 3.8) is 0 Å². The van der Waals surface area contributed by atoms with Crippen molar-refractivity contribution in [1.82, 2.24) is 24.6 Å². The molecule has 3 aromatic heterocycles. The molecule has 0 aliphatic carbocycles. The summed E-state index contributed by atoms with van der Waals surface area (Å²) in [4.78, 5) is 18.5. The first-order chi connectivity index (χ1) is 15.7. The Morgan fingerprint density at radius 1 is 1.16 bits per heavy atom. The minimum absolute atomic E-state index is 0.0319. The van der Waals surface area contributed by atoms with Crippen LogP contribution in [0.2, 0.25) is 0 Å². The summed E-state index contributed by atoms with van der Waals surface area (Å²) in [5, 5.41) is 9.37. The first-order valence-electron chi connectivity index (χ1n) is 10.1. The van der Waals surface area contributed by atoms with Crippen molar-refractivity contribution < 1.29 is 13.9 Å². The number of hydrogen-bond donors (Lipinski definition) is 0. The van der Waals surface area contributed by atoms with Gasteiger partial charge >= 0.3 is 0 Å². The predicted molar refractivity (Wildman–Crippen MR) is 122 cm³/mol. The molecule has 8 nitrogen and oxygen atoms in total. The first-order valence-corrected chi connectivity index (χ1v) is 11.1. The van der Waals surface area contributed by atoms with Crippen molar-refractivity contribution in [3.8, 4) is 22.8 Å². The van der Waals surface area contributed by atoms with Crippen LogP contribution in [0.1, 0.15) is 12.7 Å². The van der Waals surface area contributed by atoms with Crippen LogP contribution in [0.25, 0.3) is 17.1 Å². The summed E-state index contributed by atoms with van der Waals surface area (Å²) in [6.07, 6.45) is 5.05. The second kappa shape index (κ2) is 10.1. The quantitative estimate of drug-likeness (QED) is 0.356. The Morgan fingerprint density at radius 3 is 2.69 bits per heavy atom. The lowest BCUT2D eigenvalue weighted by atomic mass is 10.2. The highest BCUT2D eigenvalue weighted by Crippen LogP contribution is 2.28. The van der Waals surface area contributed by atoms with Crippen molar-refractivity contribution in [1.29, 1.82) is 0 Å². The highest BCUT2D eigenvalue weighted by Gasteiger charge is 2.19. The summed E-state index contributed by atoms with van der Waals surface area (Å²) in [6, 6.07) is 15.1. The molecule has 1 aromatic carbocycles. The number of rotatable bonds is 9. The van der Waals surface area contributed by atoms with Crippen molar-refractivity contribution in [2.45, 2.75) is 18.6 Å². The first kappa shape index (κ1) is 21.6. The van der Waals surface area contributed by atoms with Crippen LogP contribution in [0.5, 0.6) is 5.75 Å². The van der Waals surface area contributed by atoms with E-state index >= 15 is 0 Å². The van der Waals surface area contributed by atoms with Gasteiger partial charge in [-0.25, -0.2) is 0 Å². The predicted octanol–water partition coefficient (Wildman–Crippen LogP) is 4.07. The molecule has 0 spiro atoms. The standard InChI is InChI=1S/C23H23N5O3S/c1-3-30-19-10-8-18(9-11-19)28-22(17-6-4-12-24-14-17)25-26-23(28)32-16-21(29)27(2)15-20-7-5-13-31-20/h4-14H,3,15-16H2,1-2H3. The molecule has 0 bridgehead atoms. The third-order valence-electron chi connectivity index (χ3n) is 4.68. The number of benzene rings is 1. The van der Waals surface area contributed by atoms with Gasteiger partial charge in [-0.3, -0.25) is 14.3 Å². The lowest BCUT2D eigenvalue weighted by molar-refractivity contribution is -0.127. The number of furan rings is 1. The molecule has 0 atom stereocenters. The van der Waals surface area contributed by atoms with E-state index in [1.807, 2.05) is 60.0 Å². The Balaban J connectivity index is 1.57. The molecule has 4 rings (SSSR count). The van der Waals surface area contributed by atoms with Crippen LogP contribution < -0.4 is 4.74 Å². The maximum Gasteiger partial charge on any atom is 0.233 e. The summed E-state index contributed by atoms with van der Waals surface area (Å²) < 4.78 is 12.8. The molecule has 1 amide bonds. The average molecular weight is 450 g/mol. The molecule has 0 saturated carbocycles. The summed E-state index contributed by atoms with van der Waals surface area (Å²) >= 11 is 1.34. The number of thioether (sulfide) groups is 1. The molecule has 0 radical (unpaired) electrons. The second-order valence-corrected chi connectivity index (χ2v) is 7.87. The molecule has 0 saturated heterocycles. The molecule has 0 unspecified atom stereocenters. The van der Waals surface area contributed by atoms with Gasteiger partial charge in [0.25, 0.3) is 0 Å². The summed E-state index contributed by atoms with van der Waals surface area (Å²) in [5.41, 5.74) is 1.71. The Labute approximate surface area is 190 Å². The number of ether oxygens (including phenoxy) is 1. The molecular formula is C23H23N5O3S. The Kier molecular flexibility index (Phi) is 6.86. The Hall–Kier alpha value is -3.59. The minimum Gasteiger partial charge on any atom is -0.494 e. The van der Waals surface area contributed by atoms with E-state index in [0.717, 1.165) is 22.8 Å². The molecule has 4 aromatic rings. The van der Waals surface area contributed by atoms with E-state index in [1.165, 1.54) is 11.8 Å². The zero-order chi connectivity index (χ0) is 22.3. The fraction of sp³-hybridized carbons (Fsp3) is 0.217. The zero-order valence-corrected chi connectivity index (χ0v) is 18.7. The number of hydrogen-bond acceptors (Lipinski definition) is 7. The van der Waals surface area contributed by atoms with Gasteiger partial charge in [0.2, 0.25) is 5.91 Å². The summed E-state index contributed by atoms with van der Waals surface area (Å²) in [5.74, 6) is 2.37. The van der Waals surface area contributed by atoms with E-state index in [4.69, 9.17) is 9.15 Å². The average Bonchev–Trinajstić information content (AvgIpc) is 3.49. The molecular weight excluding hydrogens is 426 g/mol. The third-order valence-corrected chi connectivity index (χ3v) is 5.60. The van der Waals surface area contributed by atoms with Crippen LogP contribution in [-0.2, 0) is 11.3 Å². The Morgan fingerprint density at radius 2 is 2.00 bits per heavy atom. The molecule has 32 heavy (non-hydrogen) atoms. The van der Waals surface area contributed by atoms with Crippen LogP contribution in [0.15, 0.2) is 76.8 Å². The van der Waals surface area contributed by atoms with Crippen LogP contribution in [-0.4, -0.2) is 50.0 Å². The third kappa shape index (κ3) is 5.00. The molecule has 0 N–H and O–H groups in total. The van der Waals surface area contributed by atoms with Gasteiger partial charge in [0.15, 0.2) is 11.0 Å². The van der Waals surface area contributed by atoms with Gasteiger partial charge in [0.1, 0.15) is 11.5 Å². The number of carbonyl (C=O) groups excluding carboxylic acids is 1. The van der Waals surface area contributed by atoms with Crippen molar-refractivity contribution >= 4 is 17.7 Å². The second-order valence-electron chi connectivity index (χ2n) is 6.93. The number of amides is 1. The van der Waals surface area contributed by atoms with E-state index in [2.05, 4.69) is 15.2 Å². The van der Waals surface area contributed by atoms with Gasteiger partial charge in [-0.1, -0.05) is 11.8 Å². The van der Waals surface area contributed by atoms with Gasteiger partial charge in [-0.2, -0.15) is 0 Å². The molecule has 3 heterocycles. The number of carbonyl (C=O) groups is 1. The zero-order valence-electron chi connectivity index (χ0n) is 17.8. The van der Waals surface area contributed by atoms with Gasteiger partial charge in [-0.05, 0) is 55.5 Å². The van der Waals surface area contributed by atoms with Gasteiger partial charge < -0.3 is 14.1 Å². The fourth-order valence-electron chi connectivity index (χ4n) is 3.10. The molecule has 0 fully saturated rings. The largest absolute Gasteiger partial charge is 0.494 e. The van der Waals surface area contributed by atoms with Crippen molar-refractivity contribution in [2.75, 3.05) is 19.4 Å². The monoisotopic (exact) mass is 449 g/mol. The SMILES string of the molecule is CCOc1ccc(-n2c(SCC(=O)N(C)Cc3ccco3)nnc2-c2cccnc2)cc1. The summed E-state index contributed by atoms with van der Waals surface area (Å²) in [6.45, 7) is 2.96. The smallest absolute Gasteiger partial charge is 0.233 e. The maximum atomic E-state index is 12.7. The van der Waals surface area contributed by atoms with Gasteiger partial charge in [-0.15, -0.1) is 10.2 Å². The minimum atomic E-state index is -0.0319. The normalized spacial score (nSPS) is 10.8. The van der Waals surface area contributed by atoms with Gasteiger partial charge in [0.05, 0.1) is 25.2 Å². The molecule has 9 heteroatoms.